The van der Waals surface area contributed by atoms with Crippen molar-refractivity contribution in [2.24, 2.45) is 0 Å². The molecule has 0 spiro atoms. The van der Waals surface area contributed by atoms with Crippen LogP contribution in [0, 0.1) is 0 Å². The molecular formula is C10H20N2. The molecule has 0 saturated heterocycles. The van der Waals surface area contributed by atoms with Crippen molar-refractivity contribution in [1.82, 2.24) is 9.97 Å². The molecule has 0 aromatic carbocycles. The summed E-state index contributed by atoms with van der Waals surface area (Å²) in [4.78, 5) is 7.69. The van der Waals surface area contributed by atoms with Crippen LogP contribution < -0.4 is 0 Å². The minimum atomic E-state index is 1.01. The molecule has 0 aliphatic carbocycles. The number of aryl methyl sites for hydroxylation is 1. The van der Waals surface area contributed by atoms with E-state index in [4.69, 9.17) is 0 Å². The number of nitrogens with zero attached hydrogens (tertiary/aromatic N) is 2. The normalized spacial score (nSPS) is 7.08. The molecule has 0 bridgehead atoms. The van der Waals surface area contributed by atoms with Crippen LogP contribution in [0.4, 0.5) is 0 Å². The van der Waals surface area contributed by atoms with Gasteiger partial charge in [0.25, 0.3) is 0 Å². The summed E-state index contributed by atoms with van der Waals surface area (Å²) >= 11 is 0. The van der Waals surface area contributed by atoms with Gasteiger partial charge in [0.05, 0.1) is 0 Å². The SMILES string of the molecule is CC.CC.CCc1cncnc1. The fourth-order valence-electron chi connectivity index (χ4n) is 0.513. The maximum atomic E-state index is 3.84. The monoisotopic (exact) mass is 168 g/mol. The van der Waals surface area contributed by atoms with Crippen molar-refractivity contribution in [2.45, 2.75) is 41.0 Å². The number of rotatable bonds is 1. The van der Waals surface area contributed by atoms with Crippen LogP contribution in [0.3, 0.4) is 0 Å². The Morgan fingerprint density at radius 3 is 1.67 bits per heavy atom. The van der Waals surface area contributed by atoms with Crippen LogP contribution in [-0.4, -0.2) is 9.97 Å². The van der Waals surface area contributed by atoms with E-state index in [9.17, 15) is 0 Å². The van der Waals surface area contributed by atoms with Gasteiger partial charge >= 0.3 is 0 Å². The van der Waals surface area contributed by atoms with Crippen LogP contribution in [0.15, 0.2) is 18.7 Å². The van der Waals surface area contributed by atoms with E-state index in [2.05, 4.69) is 16.9 Å². The molecule has 1 aromatic rings. The van der Waals surface area contributed by atoms with Crippen molar-refractivity contribution in [3.8, 4) is 0 Å². The van der Waals surface area contributed by atoms with E-state index < -0.39 is 0 Å². The molecule has 0 amide bonds. The van der Waals surface area contributed by atoms with E-state index in [1.54, 1.807) is 6.33 Å². The van der Waals surface area contributed by atoms with Gasteiger partial charge < -0.3 is 0 Å². The summed E-state index contributed by atoms with van der Waals surface area (Å²) in [6, 6.07) is 0. The summed E-state index contributed by atoms with van der Waals surface area (Å²) in [6.45, 7) is 10.1. The molecule has 70 valence electrons. The van der Waals surface area contributed by atoms with Crippen molar-refractivity contribution in [3.05, 3.63) is 24.3 Å². The molecular weight excluding hydrogens is 148 g/mol. The van der Waals surface area contributed by atoms with Gasteiger partial charge in [0.2, 0.25) is 0 Å². The lowest BCUT2D eigenvalue weighted by molar-refractivity contribution is 1.04. The van der Waals surface area contributed by atoms with E-state index in [-0.39, 0.29) is 0 Å². The van der Waals surface area contributed by atoms with E-state index in [0.717, 1.165) is 6.42 Å². The van der Waals surface area contributed by atoms with Crippen molar-refractivity contribution in [2.75, 3.05) is 0 Å². The molecule has 0 fully saturated rings. The van der Waals surface area contributed by atoms with Crippen LogP contribution >= 0.6 is 0 Å². The predicted molar refractivity (Wildman–Crippen MR) is 54.1 cm³/mol. The molecule has 2 nitrogen and oxygen atoms in total. The van der Waals surface area contributed by atoms with E-state index >= 15 is 0 Å². The third-order valence-electron chi connectivity index (χ3n) is 1.02. The molecule has 0 radical (unpaired) electrons. The highest BCUT2D eigenvalue weighted by atomic mass is 14.8. The van der Waals surface area contributed by atoms with Gasteiger partial charge in [-0.15, -0.1) is 0 Å². The second-order valence-electron chi connectivity index (χ2n) is 1.60. The number of hydrogen-bond acceptors (Lipinski definition) is 2. The van der Waals surface area contributed by atoms with Crippen LogP contribution in [0.2, 0.25) is 0 Å². The van der Waals surface area contributed by atoms with Crippen molar-refractivity contribution < 1.29 is 0 Å². The second-order valence-corrected chi connectivity index (χ2v) is 1.60. The van der Waals surface area contributed by atoms with Gasteiger partial charge in [0, 0.05) is 12.4 Å². The summed E-state index contributed by atoms with van der Waals surface area (Å²) in [6.07, 6.45) is 6.21. The molecule has 1 rings (SSSR count). The average molecular weight is 168 g/mol. The molecule has 1 aromatic heterocycles. The van der Waals surface area contributed by atoms with Gasteiger partial charge in [-0.05, 0) is 12.0 Å². The fraction of sp³-hybridized carbons (Fsp3) is 0.600. The maximum absolute atomic E-state index is 3.84. The fourth-order valence-corrected chi connectivity index (χ4v) is 0.513. The van der Waals surface area contributed by atoms with Crippen LogP contribution in [0.5, 0.6) is 0 Å². The first kappa shape index (κ1) is 13.7. The van der Waals surface area contributed by atoms with Crippen molar-refractivity contribution >= 4 is 0 Å². The summed E-state index contributed by atoms with van der Waals surface area (Å²) in [5.74, 6) is 0. The molecule has 0 N–H and O–H groups in total. The first-order valence-corrected chi connectivity index (χ1v) is 4.67. The Morgan fingerprint density at radius 2 is 1.42 bits per heavy atom. The van der Waals surface area contributed by atoms with Gasteiger partial charge in [-0.2, -0.15) is 0 Å². The Bertz CT molecular complexity index is 149. The molecule has 0 atom stereocenters. The van der Waals surface area contributed by atoms with Crippen LogP contribution in [-0.2, 0) is 6.42 Å². The lowest BCUT2D eigenvalue weighted by atomic mass is 10.3. The topological polar surface area (TPSA) is 25.8 Å². The van der Waals surface area contributed by atoms with Crippen LogP contribution in [0.25, 0.3) is 0 Å². The van der Waals surface area contributed by atoms with Gasteiger partial charge in [-0.3, -0.25) is 0 Å². The van der Waals surface area contributed by atoms with Crippen molar-refractivity contribution in [1.29, 1.82) is 0 Å². The molecule has 0 aliphatic rings. The zero-order valence-corrected chi connectivity index (χ0v) is 8.83. The summed E-state index contributed by atoms with van der Waals surface area (Å²) in [5, 5.41) is 0. The Kier molecular flexibility index (Phi) is 14.5. The van der Waals surface area contributed by atoms with E-state index in [1.165, 1.54) is 5.56 Å². The predicted octanol–water partition coefficient (Wildman–Crippen LogP) is 3.09. The van der Waals surface area contributed by atoms with Gasteiger partial charge in [0.1, 0.15) is 6.33 Å². The first-order valence-electron chi connectivity index (χ1n) is 4.67. The Balaban J connectivity index is 0. The van der Waals surface area contributed by atoms with Gasteiger partial charge in [-0.25, -0.2) is 9.97 Å². The third kappa shape index (κ3) is 7.19. The highest BCUT2D eigenvalue weighted by Crippen LogP contribution is 1.90. The Labute approximate surface area is 76.1 Å². The van der Waals surface area contributed by atoms with Gasteiger partial charge in [0.15, 0.2) is 0 Å². The van der Waals surface area contributed by atoms with E-state index in [1.807, 2.05) is 40.1 Å². The minimum absolute atomic E-state index is 1.01. The second kappa shape index (κ2) is 12.7. The highest BCUT2D eigenvalue weighted by molar-refractivity contribution is 5.00. The van der Waals surface area contributed by atoms with Crippen LogP contribution in [0.1, 0.15) is 40.2 Å². The standard InChI is InChI=1S/C6H8N2.2C2H6/c1-2-6-3-7-5-8-4-6;2*1-2/h3-5H,2H2,1H3;2*1-2H3. The Morgan fingerprint density at radius 1 is 1.00 bits per heavy atom. The number of aromatic nitrogens is 2. The lowest BCUT2D eigenvalue weighted by Gasteiger charge is -1.88. The molecule has 1 heterocycles. The van der Waals surface area contributed by atoms with E-state index in [0.29, 0.717) is 0 Å². The maximum Gasteiger partial charge on any atom is 0.115 e. The molecule has 12 heavy (non-hydrogen) atoms. The van der Waals surface area contributed by atoms with Gasteiger partial charge in [-0.1, -0.05) is 34.6 Å². The Hall–Kier alpha value is -0.920. The quantitative estimate of drug-likeness (QED) is 0.644. The molecule has 0 aliphatic heterocycles. The minimum Gasteiger partial charge on any atom is -0.245 e. The zero-order valence-electron chi connectivity index (χ0n) is 8.83. The molecule has 0 unspecified atom stereocenters. The average Bonchev–Trinajstić information content (AvgIpc) is 2.25. The smallest absolute Gasteiger partial charge is 0.115 e. The molecule has 0 saturated carbocycles. The third-order valence-corrected chi connectivity index (χ3v) is 1.02. The largest absolute Gasteiger partial charge is 0.245 e. The zero-order chi connectivity index (χ0) is 9.82. The highest BCUT2D eigenvalue weighted by Gasteiger charge is 1.82. The summed E-state index contributed by atoms with van der Waals surface area (Å²) in [5.41, 5.74) is 1.19. The lowest BCUT2D eigenvalue weighted by Crippen LogP contribution is -1.81. The first-order chi connectivity index (χ1) is 5.93. The number of hydrogen-bond donors (Lipinski definition) is 0. The van der Waals surface area contributed by atoms with Crippen molar-refractivity contribution in [3.63, 3.8) is 0 Å². The summed E-state index contributed by atoms with van der Waals surface area (Å²) in [7, 11) is 0. The summed E-state index contributed by atoms with van der Waals surface area (Å²) < 4.78 is 0. The molecule has 2 heteroatoms.